The van der Waals surface area contributed by atoms with Crippen LogP contribution in [0.25, 0.3) is 22.4 Å². The van der Waals surface area contributed by atoms with Gasteiger partial charge in [-0.3, -0.25) is 14.5 Å². The van der Waals surface area contributed by atoms with Gasteiger partial charge in [-0.2, -0.15) is 5.10 Å². The third-order valence-electron chi connectivity index (χ3n) is 4.38. The Bertz CT molecular complexity index is 906. The summed E-state index contributed by atoms with van der Waals surface area (Å²) in [6.07, 6.45) is 7.91. The predicted octanol–water partition coefficient (Wildman–Crippen LogP) is 1.51. The van der Waals surface area contributed by atoms with Crippen molar-refractivity contribution < 1.29 is 4.79 Å². The largest absolute Gasteiger partial charge is 0.358 e. The highest BCUT2D eigenvalue weighted by Crippen LogP contribution is 2.25. The molecule has 1 amide bonds. The summed E-state index contributed by atoms with van der Waals surface area (Å²) in [7, 11) is 1.84. The van der Waals surface area contributed by atoms with E-state index in [1.807, 2.05) is 19.2 Å². The Morgan fingerprint density at radius 3 is 2.92 bits per heavy atom. The van der Waals surface area contributed by atoms with E-state index in [-0.39, 0.29) is 11.9 Å². The van der Waals surface area contributed by atoms with Gasteiger partial charge in [0.05, 0.1) is 11.6 Å². The number of aryl methyl sites for hydroxylation is 1. The number of hydrogen-bond donors (Lipinski definition) is 2. The zero-order chi connectivity index (χ0) is 17.2. The minimum atomic E-state index is -0.300. The first kappa shape index (κ1) is 15.5. The average Bonchev–Trinajstić information content (AvgIpc) is 2.90. The first-order valence-electron chi connectivity index (χ1n) is 8.37. The summed E-state index contributed by atoms with van der Waals surface area (Å²) >= 11 is 0. The fraction of sp³-hybridized carbons (Fsp3) is 0.353. The van der Waals surface area contributed by atoms with E-state index in [0.29, 0.717) is 11.6 Å². The molecule has 0 spiro atoms. The molecule has 0 bridgehead atoms. The van der Waals surface area contributed by atoms with Gasteiger partial charge in [-0.15, -0.1) is 0 Å². The van der Waals surface area contributed by atoms with E-state index in [0.717, 1.165) is 42.4 Å². The highest BCUT2D eigenvalue weighted by molar-refractivity contribution is 5.91. The molecular formula is C17H19N7O. The number of rotatable bonds is 3. The van der Waals surface area contributed by atoms with Gasteiger partial charge in [-0.1, -0.05) is 0 Å². The Balaban J connectivity index is 1.78. The van der Waals surface area contributed by atoms with E-state index in [2.05, 4.69) is 30.7 Å². The van der Waals surface area contributed by atoms with E-state index in [9.17, 15) is 4.79 Å². The summed E-state index contributed by atoms with van der Waals surface area (Å²) in [4.78, 5) is 25.6. The maximum atomic E-state index is 12.3. The molecule has 4 rings (SSSR count). The molecule has 8 heteroatoms. The van der Waals surface area contributed by atoms with Gasteiger partial charge >= 0.3 is 0 Å². The fourth-order valence-electron chi connectivity index (χ4n) is 3.00. The second-order valence-electron chi connectivity index (χ2n) is 6.12. The van der Waals surface area contributed by atoms with Crippen LogP contribution in [-0.2, 0) is 11.8 Å². The highest BCUT2D eigenvalue weighted by Gasteiger charge is 2.23. The summed E-state index contributed by atoms with van der Waals surface area (Å²) in [5, 5.41) is 11.3. The predicted molar refractivity (Wildman–Crippen MR) is 93.8 cm³/mol. The van der Waals surface area contributed by atoms with Gasteiger partial charge < -0.3 is 10.6 Å². The van der Waals surface area contributed by atoms with Crippen LogP contribution in [0.4, 0.5) is 5.82 Å². The van der Waals surface area contributed by atoms with Crippen molar-refractivity contribution in [1.82, 2.24) is 30.0 Å². The molecule has 25 heavy (non-hydrogen) atoms. The number of aromatic nitrogens is 5. The van der Waals surface area contributed by atoms with Gasteiger partial charge in [-0.25, -0.2) is 9.97 Å². The van der Waals surface area contributed by atoms with Gasteiger partial charge in [0, 0.05) is 31.5 Å². The van der Waals surface area contributed by atoms with E-state index in [1.54, 1.807) is 23.3 Å². The smallest absolute Gasteiger partial charge is 0.242 e. The van der Waals surface area contributed by atoms with E-state index in [4.69, 9.17) is 0 Å². The van der Waals surface area contributed by atoms with Crippen LogP contribution in [0.3, 0.4) is 0 Å². The van der Waals surface area contributed by atoms with Crippen molar-refractivity contribution in [3.63, 3.8) is 0 Å². The van der Waals surface area contributed by atoms with Crippen molar-refractivity contribution in [3.05, 3.63) is 30.7 Å². The standard InChI is InChI=1S/C17H19N7O/c1-24-16-12(10-20-24)15(21-13-4-2-3-7-19-17(13)25)22-14(23-16)11-5-8-18-9-6-11/h5-6,8-10,13H,2-4,7H2,1H3,(H,19,25)(H,21,22,23)/t13-/m0/s1. The SMILES string of the molecule is Cn1ncc2c(N[C@H]3CCCCNC3=O)nc(-c3ccncc3)nc21. The molecule has 1 fully saturated rings. The zero-order valence-corrected chi connectivity index (χ0v) is 13.9. The molecule has 8 nitrogen and oxygen atoms in total. The molecule has 2 N–H and O–H groups in total. The number of nitrogens with one attached hydrogen (secondary N) is 2. The van der Waals surface area contributed by atoms with Crippen LogP contribution in [0.2, 0.25) is 0 Å². The van der Waals surface area contributed by atoms with Crippen LogP contribution in [0.5, 0.6) is 0 Å². The topological polar surface area (TPSA) is 97.6 Å². The van der Waals surface area contributed by atoms with Crippen LogP contribution in [0, 0.1) is 0 Å². The number of nitrogens with zero attached hydrogens (tertiary/aromatic N) is 5. The number of fused-ring (bicyclic) bond motifs is 1. The molecule has 0 radical (unpaired) electrons. The summed E-state index contributed by atoms with van der Waals surface area (Å²) in [6.45, 7) is 0.728. The average molecular weight is 337 g/mol. The Hall–Kier alpha value is -3.03. The minimum Gasteiger partial charge on any atom is -0.358 e. The van der Waals surface area contributed by atoms with Crippen LogP contribution >= 0.6 is 0 Å². The summed E-state index contributed by atoms with van der Waals surface area (Å²) in [5.74, 6) is 1.22. The van der Waals surface area contributed by atoms with Crippen LogP contribution < -0.4 is 10.6 Å². The number of pyridine rings is 1. The van der Waals surface area contributed by atoms with Crippen LogP contribution in [-0.4, -0.2) is 43.2 Å². The summed E-state index contributed by atoms with van der Waals surface area (Å²) in [5.41, 5.74) is 1.59. The molecule has 0 aliphatic carbocycles. The van der Waals surface area contributed by atoms with Gasteiger partial charge in [0.2, 0.25) is 5.91 Å². The van der Waals surface area contributed by atoms with Gasteiger partial charge in [0.25, 0.3) is 0 Å². The third-order valence-corrected chi connectivity index (χ3v) is 4.38. The van der Waals surface area contributed by atoms with Crippen molar-refractivity contribution in [2.24, 2.45) is 7.05 Å². The number of amides is 1. The number of hydrogen-bond acceptors (Lipinski definition) is 6. The molecule has 3 aromatic rings. The Morgan fingerprint density at radius 2 is 2.08 bits per heavy atom. The van der Waals surface area contributed by atoms with Gasteiger partial charge in [0.15, 0.2) is 11.5 Å². The maximum Gasteiger partial charge on any atom is 0.242 e. The lowest BCUT2D eigenvalue weighted by Gasteiger charge is -2.17. The molecule has 0 aromatic carbocycles. The first-order chi connectivity index (χ1) is 12.2. The molecule has 1 aliphatic rings. The monoisotopic (exact) mass is 337 g/mol. The zero-order valence-electron chi connectivity index (χ0n) is 13.9. The highest BCUT2D eigenvalue weighted by atomic mass is 16.2. The lowest BCUT2D eigenvalue weighted by Crippen LogP contribution is -2.38. The van der Waals surface area contributed by atoms with Crippen LogP contribution in [0.15, 0.2) is 30.7 Å². The Kier molecular flexibility index (Phi) is 4.01. The lowest BCUT2D eigenvalue weighted by atomic mass is 10.1. The number of anilines is 1. The Morgan fingerprint density at radius 1 is 1.24 bits per heavy atom. The molecule has 0 saturated carbocycles. The molecule has 1 aliphatic heterocycles. The second-order valence-corrected chi connectivity index (χ2v) is 6.12. The van der Waals surface area contributed by atoms with Crippen molar-refractivity contribution in [1.29, 1.82) is 0 Å². The Labute approximate surface area is 144 Å². The molecule has 4 heterocycles. The van der Waals surface area contributed by atoms with Crippen molar-refractivity contribution in [3.8, 4) is 11.4 Å². The molecule has 0 unspecified atom stereocenters. The maximum absolute atomic E-state index is 12.3. The molecule has 1 saturated heterocycles. The van der Waals surface area contributed by atoms with E-state index >= 15 is 0 Å². The van der Waals surface area contributed by atoms with Crippen molar-refractivity contribution in [2.75, 3.05) is 11.9 Å². The molecular weight excluding hydrogens is 318 g/mol. The molecule has 3 aromatic heterocycles. The van der Waals surface area contributed by atoms with E-state index in [1.165, 1.54) is 0 Å². The number of carbonyl (C=O) groups excluding carboxylic acids is 1. The molecule has 1 atom stereocenters. The van der Waals surface area contributed by atoms with E-state index < -0.39 is 0 Å². The van der Waals surface area contributed by atoms with Crippen molar-refractivity contribution in [2.45, 2.75) is 25.3 Å². The van der Waals surface area contributed by atoms with Gasteiger partial charge in [0.1, 0.15) is 11.9 Å². The minimum absolute atomic E-state index is 0.0126. The summed E-state index contributed by atoms with van der Waals surface area (Å²) in [6, 6.07) is 3.42. The van der Waals surface area contributed by atoms with Crippen LogP contribution in [0.1, 0.15) is 19.3 Å². The second kappa shape index (κ2) is 6.46. The van der Waals surface area contributed by atoms with Crippen molar-refractivity contribution >= 4 is 22.8 Å². The first-order valence-corrected chi connectivity index (χ1v) is 8.37. The molecule has 128 valence electrons. The lowest BCUT2D eigenvalue weighted by molar-refractivity contribution is -0.121. The normalized spacial score (nSPS) is 18.0. The number of carbonyl (C=O) groups is 1. The fourth-order valence-corrected chi connectivity index (χ4v) is 3.00. The van der Waals surface area contributed by atoms with Gasteiger partial charge in [-0.05, 0) is 31.4 Å². The summed E-state index contributed by atoms with van der Waals surface area (Å²) < 4.78 is 1.71. The third kappa shape index (κ3) is 3.02. The quantitative estimate of drug-likeness (QED) is 0.752.